The summed E-state index contributed by atoms with van der Waals surface area (Å²) in [4.78, 5) is 48.0. The van der Waals surface area contributed by atoms with Crippen LogP contribution in [0.4, 0.5) is 0 Å². The van der Waals surface area contributed by atoms with Crippen LogP contribution in [0.1, 0.15) is 43.9 Å². The van der Waals surface area contributed by atoms with Crippen LogP contribution < -0.4 is 5.56 Å². The quantitative estimate of drug-likeness (QED) is 0.724. The maximum atomic E-state index is 12.9. The molecule has 3 heterocycles. The third kappa shape index (κ3) is 4.02. The fourth-order valence-electron chi connectivity index (χ4n) is 4.19. The number of carbonyl (C=O) groups excluding carboxylic acids is 2. The van der Waals surface area contributed by atoms with E-state index in [1.165, 1.54) is 10.9 Å². The molecular formula is C21H26N4O4. The minimum absolute atomic E-state index is 0.0526. The topological polar surface area (TPSA) is 94.4 Å². The van der Waals surface area contributed by atoms with Gasteiger partial charge < -0.3 is 9.64 Å². The van der Waals surface area contributed by atoms with Gasteiger partial charge in [-0.25, -0.2) is 9.97 Å². The third-order valence-corrected chi connectivity index (χ3v) is 5.86. The van der Waals surface area contributed by atoms with E-state index in [1.54, 1.807) is 11.8 Å². The van der Waals surface area contributed by atoms with Crippen LogP contribution in [0.2, 0.25) is 0 Å². The number of carbonyl (C=O) groups is 2. The van der Waals surface area contributed by atoms with Gasteiger partial charge in [0.25, 0.3) is 5.56 Å². The second-order valence-electron chi connectivity index (χ2n) is 7.76. The van der Waals surface area contributed by atoms with Crippen molar-refractivity contribution in [3.05, 3.63) is 34.0 Å². The molecule has 8 heteroatoms. The fourth-order valence-corrected chi connectivity index (χ4v) is 4.19. The predicted molar refractivity (Wildman–Crippen MR) is 106 cm³/mol. The van der Waals surface area contributed by atoms with Gasteiger partial charge in [0.15, 0.2) is 5.65 Å². The molecular weight excluding hydrogens is 372 g/mol. The minimum Gasteiger partial charge on any atom is -0.466 e. The molecule has 2 aromatic heterocycles. The van der Waals surface area contributed by atoms with Gasteiger partial charge >= 0.3 is 5.97 Å². The van der Waals surface area contributed by atoms with Crippen molar-refractivity contribution in [2.24, 2.45) is 5.92 Å². The molecule has 2 aromatic rings. The van der Waals surface area contributed by atoms with Gasteiger partial charge in [-0.15, -0.1) is 0 Å². The van der Waals surface area contributed by atoms with Crippen molar-refractivity contribution in [3.63, 3.8) is 0 Å². The smallest absolute Gasteiger partial charge is 0.309 e. The molecule has 154 valence electrons. The van der Waals surface area contributed by atoms with Crippen molar-refractivity contribution in [1.29, 1.82) is 0 Å². The van der Waals surface area contributed by atoms with Gasteiger partial charge in [0.05, 0.1) is 17.9 Å². The molecule has 1 aliphatic carbocycles. The van der Waals surface area contributed by atoms with Crippen LogP contribution in [0.15, 0.2) is 17.2 Å². The molecule has 0 aromatic carbocycles. The van der Waals surface area contributed by atoms with Gasteiger partial charge in [0, 0.05) is 18.8 Å². The van der Waals surface area contributed by atoms with E-state index >= 15 is 0 Å². The first-order valence-electron chi connectivity index (χ1n) is 10.4. The number of piperidine rings is 1. The molecule has 0 radical (unpaired) electrons. The Hall–Kier alpha value is -2.77. The molecule has 1 saturated heterocycles. The average molecular weight is 398 g/mol. The number of hydrogen-bond acceptors (Lipinski definition) is 6. The first-order valence-corrected chi connectivity index (χ1v) is 10.4. The highest BCUT2D eigenvalue weighted by Gasteiger charge is 2.28. The van der Waals surface area contributed by atoms with Gasteiger partial charge in [0.1, 0.15) is 12.9 Å². The number of likely N-dealkylation sites (tertiary alicyclic amines) is 1. The Morgan fingerprint density at radius 2 is 1.97 bits per heavy atom. The van der Waals surface area contributed by atoms with Crippen LogP contribution >= 0.6 is 0 Å². The number of esters is 1. The summed E-state index contributed by atoms with van der Waals surface area (Å²) in [7, 11) is 0. The summed E-state index contributed by atoms with van der Waals surface area (Å²) >= 11 is 0. The third-order valence-electron chi connectivity index (χ3n) is 5.86. The van der Waals surface area contributed by atoms with Crippen molar-refractivity contribution < 1.29 is 14.3 Å². The maximum Gasteiger partial charge on any atom is 0.309 e. The maximum absolute atomic E-state index is 12.9. The number of fused-ring (bicyclic) bond motifs is 2. The van der Waals surface area contributed by atoms with Crippen molar-refractivity contribution >= 4 is 22.9 Å². The van der Waals surface area contributed by atoms with E-state index in [-0.39, 0.29) is 29.9 Å². The zero-order chi connectivity index (χ0) is 20.4. The second-order valence-corrected chi connectivity index (χ2v) is 7.76. The second kappa shape index (κ2) is 8.31. The van der Waals surface area contributed by atoms with E-state index in [0.717, 1.165) is 36.9 Å². The molecule has 0 spiro atoms. The standard InChI is InChI=1S/C21H26N4O4/c1-2-29-21(28)14-7-9-24(10-8-14)18(26)12-25-13-22-19-16(20(25)27)11-15-5-3-4-6-17(15)23-19/h11,13-14H,2-10,12H2,1H3. The van der Waals surface area contributed by atoms with E-state index in [4.69, 9.17) is 4.74 Å². The van der Waals surface area contributed by atoms with Crippen LogP contribution in [-0.2, 0) is 33.7 Å². The molecule has 2 aliphatic rings. The number of hydrogen-bond donors (Lipinski definition) is 0. The highest BCUT2D eigenvalue weighted by atomic mass is 16.5. The number of nitrogens with zero attached hydrogens (tertiary/aromatic N) is 4. The molecule has 1 aliphatic heterocycles. The summed E-state index contributed by atoms with van der Waals surface area (Å²) in [6, 6.07) is 1.90. The first-order chi connectivity index (χ1) is 14.1. The predicted octanol–water partition coefficient (Wildman–Crippen LogP) is 1.47. The largest absolute Gasteiger partial charge is 0.466 e. The Balaban J connectivity index is 1.47. The molecule has 4 rings (SSSR count). The highest BCUT2D eigenvalue weighted by Crippen LogP contribution is 2.22. The molecule has 0 atom stereocenters. The number of pyridine rings is 1. The van der Waals surface area contributed by atoms with Crippen LogP contribution in [-0.4, -0.2) is 51.0 Å². The van der Waals surface area contributed by atoms with Crippen LogP contribution in [0.3, 0.4) is 0 Å². The molecule has 0 saturated carbocycles. The Bertz CT molecular complexity index is 992. The Morgan fingerprint density at radius 1 is 1.21 bits per heavy atom. The van der Waals surface area contributed by atoms with Gasteiger partial charge in [-0.3, -0.25) is 19.0 Å². The zero-order valence-corrected chi connectivity index (χ0v) is 16.7. The molecule has 0 bridgehead atoms. The van der Waals surface area contributed by atoms with Crippen molar-refractivity contribution in [3.8, 4) is 0 Å². The van der Waals surface area contributed by atoms with Crippen molar-refractivity contribution in [1.82, 2.24) is 19.4 Å². The molecule has 0 unspecified atom stereocenters. The van der Waals surface area contributed by atoms with Crippen molar-refractivity contribution in [2.45, 2.75) is 52.0 Å². The van der Waals surface area contributed by atoms with Gasteiger partial charge in [-0.2, -0.15) is 0 Å². The van der Waals surface area contributed by atoms with Crippen LogP contribution in [0, 0.1) is 5.92 Å². The van der Waals surface area contributed by atoms with Gasteiger partial charge in [0.2, 0.25) is 5.91 Å². The normalized spacial score (nSPS) is 17.2. The molecule has 8 nitrogen and oxygen atoms in total. The molecule has 1 amide bonds. The molecule has 0 N–H and O–H groups in total. The molecule has 29 heavy (non-hydrogen) atoms. The van der Waals surface area contributed by atoms with E-state index in [9.17, 15) is 14.4 Å². The number of aryl methyl sites for hydroxylation is 2. The van der Waals surface area contributed by atoms with Crippen molar-refractivity contribution in [2.75, 3.05) is 19.7 Å². The summed E-state index contributed by atoms with van der Waals surface area (Å²) in [5.74, 6) is -0.479. The lowest BCUT2D eigenvalue weighted by molar-refractivity contribution is -0.151. The lowest BCUT2D eigenvalue weighted by atomic mass is 9.95. The number of amides is 1. The fraction of sp³-hybridized carbons (Fsp3) is 0.571. The Kier molecular flexibility index (Phi) is 5.60. The zero-order valence-electron chi connectivity index (χ0n) is 16.7. The summed E-state index contributed by atoms with van der Waals surface area (Å²) in [6.45, 7) is 3.09. The van der Waals surface area contributed by atoms with Gasteiger partial charge in [-0.05, 0) is 57.1 Å². The SMILES string of the molecule is CCOC(=O)C1CCN(C(=O)Cn2cnc3nc4c(cc3c2=O)CCCC4)CC1. The lowest BCUT2D eigenvalue weighted by Gasteiger charge is -2.31. The summed E-state index contributed by atoms with van der Waals surface area (Å²) in [5.41, 5.74) is 2.38. The van der Waals surface area contributed by atoms with E-state index in [0.29, 0.717) is 43.6 Å². The van der Waals surface area contributed by atoms with Gasteiger partial charge in [-0.1, -0.05) is 0 Å². The molecule has 1 fully saturated rings. The van der Waals surface area contributed by atoms with E-state index < -0.39 is 0 Å². The number of rotatable bonds is 4. The summed E-state index contributed by atoms with van der Waals surface area (Å²) < 4.78 is 6.43. The lowest BCUT2D eigenvalue weighted by Crippen LogP contribution is -2.43. The minimum atomic E-state index is -0.231. The average Bonchev–Trinajstić information content (AvgIpc) is 2.75. The Morgan fingerprint density at radius 3 is 2.72 bits per heavy atom. The highest BCUT2D eigenvalue weighted by molar-refractivity contribution is 5.78. The van der Waals surface area contributed by atoms with E-state index in [2.05, 4.69) is 9.97 Å². The number of ether oxygens (including phenoxy) is 1. The van der Waals surface area contributed by atoms with E-state index in [1.807, 2.05) is 6.07 Å². The summed E-state index contributed by atoms with van der Waals surface area (Å²) in [6.07, 6.45) is 6.67. The Labute approximate surface area is 168 Å². The summed E-state index contributed by atoms with van der Waals surface area (Å²) in [5, 5.41) is 0.474. The van der Waals surface area contributed by atoms with Crippen LogP contribution in [0.5, 0.6) is 0 Å². The first kappa shape index (κ1) is 19.5. The monoisotopic (exact) mass is 398 g/mol. The number of aromatic nitrogens is 3. The van der Waals surface area contributed by atoms with Crippen LogP contribution in [0.25, 0.3) is 11.0 Å².